The van der Waals surface area contributed by atoms with Gasteiger partial charge in [-0.3, -0.25) is 4.99 Å². The van der Waals surface area contributed by atoms with Gasteiger partial charge in [0.15, 0.2) is 5.96 Å². The zero-order chi connectivity index (χ0) is 18.2. The minimum atomic E-state index is -2.85. The van der Waals surface area contributed by atoms with E-state index in [1.807, 2.05) is 6.07 Å². The van der Waals surface area contributed by atoms with E-state index in [4.69, 9.17) is 0 Å². The Balaban J connectivity index is 1.89. The predicted molar refractivity (Wildman–Crippen MR) is 91.2 cm³/mol. The van der Waals surface area contributed by atoms with Crippen LogP contribution in [0.2, 0.25) is 0 Å². The minimum absolute atomic E-state index is 0.104. The number of benzene rings is 2. The first-order valence-electron chi connectivity index (χ1n) is 7.71. The van der Waals surface area contributed by atoms with Crippen molar-refractivity contribution in [3.8, 4) is 5.75 Å². The Labute approximate surface area is 144 Å². The number of halogens is 3. The third-order valence-corrected chi connectivity index (χ3v) is 3.50. The van der Waals surface area contributed by atoms with E-state index < -0.39 is 6.61 Å². The molecule has 25 heavy (non-hydrogen) atoms. The maximum absolute atomic E-state index is 13.5. The van der Waals surface area contributed by atoms with Gasteiger partial charge in [0.25, 0.3) is 0 Å². The number of aliphatic imine (C=N–C) groups is 1. The summed E-state index contributed by atoms with van der Waals surface area (Å²) in [5, 5.41) is 6.14. The summed E-state index contributed by atoms with van der Waals surface area (Å²) in [4.78, 5) is 4.08. The molecule has 0 saturated carbocycles. The Kier molecular flexibility index (Phi) is 6.68. The van der Waals surface area contributed by atoms with Crippen LogP contribution in [0, 0.1) is 12.7 Å². The van der Waals surface area contributed by atoms with Crippen molar-refractivity contribution >= 4 is 5.96 Å². The number of guanidine groups is 1. The molecule has 0 saturated heterocycles. The molecule has 2 rings (SSSR count). The molecule has 0 atom stereocenters. The molecule has 0 spiro atoms. The first-order valence-corrected chi connectivity index (χ1v) is 7.71. The Bertz CT molecular complexity index is 735. The van der Waals surface area contributed by atoms with Crippen LogP contribution in [0.3, 0.4) is 0 Å². The number of hydrogen-bond donors (Lipinski definition) is 2. The fourth-order valence-electron chi connectivity index (χ4n) is 2.17. The molecule has 0 aliphatic carbocycles. The summed E-state index contributed by atoms with van der Waals surface area (Å²) in [6.45, 7) is -0.361. The van der Waals surface area contributed by atoms with Gasteiger partial charge in [-0.05, 0) is 41.8 Å². The van der Waals surface area contributed by atoms with Crippen molar-refractivity contribution in [3.05, 3.63) is 65.0 Å². The Hall–Kier alpha value is -2.70. The number of hydrogen-bond acceptors (Lipinski definition) is 2. The highest BCUT2D eigenvalue weighted by Crippen LogP contribution is 2.15. The molecule has 0 amide bonds. The van der Waals surface area contributed by atoms with Gasteiger partial charge in [0.1, 0.15) is 11.6 Å². The van der Waals surface area contributed by atoms with Gasteiger partial charge in [0.05, 0.1) is 0 Å². The normalized spacial score (nSPS) is 11.5. The van der Waals surface area contributed by atoms with E-state index >= 15 is 0 Å². The summed E-state index contributed by atoms with van der Waals surface area (Å²) in [6.07, 6.45) is 0. The number of nitrogens with one attached hydrogen (secondary N) is 2. The summed E-state index contributed by atoms with van der Waals surface area (Å²) < 4.78 is 42.4. The molecule has 2 aromatic carbocycles. The van der Waals surface area contributed by atoms with Crippen molar-refractivity contribution in [3.63, 3.8) is 0 Å². The van der Waals surface area contributed by atoms with E-state index in [0.29, 0.717) is 24.6 Å². The fraction of sp³-hybridized carbons (Fsp3) is 0.278. The first-order chi connectivity index (χ1) is 12.0. The average Bonchev–Trinajstić information content (AvgIpc) is 2.58. The van der Waals surface area contributed by atoms with Crippen LogP contribution in [0.1, 0.15) is 16.7 Å². The lowest BCUT2D eigenvalue weighted by molar-refractivity contribution is -0.0498. The van der Waals surface area contributed by atoms with Gasteiger partial charge in [0.2, 0.25) is 0 Å². The van der Waals surface area contributed by atoms with Gasteiger partial charge in [-0.1, -0.05) is 24.3 Å². The molecule has 0 unspecified atom stereocenters. The van der Waals surface area contributed by atoms with Crippen LogP contribution >= 0.6 is 0 Å². The summed E-state index contributed by atoms with van der Waals surface area (Å²) in [5.74, 6) is 0.367. The number of alkyl halides is 2. The second kappa shape index (κ2) is 8.96. The fourth-order valence-corrected chi connectivity index (χ4v) is 2.17. The van der Waals surface area contributed by atoms with Crippen molar-refractivity contribution < 1.29 is 17.9 Å². The van der Waals surface area contributed by atoms with Crippen LogP contribution in [0.15, 0.2) is 47.5 Å². The number of nitrogens with zero attached hydrogens (tertiary/aromatic N) is 1. The Morgan fingerprint density at radius 3 is 2.36 bits per heavy atom. The van der Waals surface area contributed by atoms with Crippen molar-refractivity contribution in [2.24, 2.45) is 4.99 Å². The molecule has 0 aliphatic heterocycles. The standard InChI is InChI=1S/C18H20F3N3O/c1-12-6-7-14(9-16(12)19)11-24-18(22-2)23-10-13-4-3-5-15(8-13)25-17(20)21/h3-9,17H,10-11H2,1-2H3,(H2,22,23,24). The van der Waals surface area contributed by atoms with E-state index in [1.54, 1.807) is 32.2 Å². The molecular formula is C18H20F3N3O. The van der Waals surface area contributed by atoms with Crippen LogP contribution < -0.4 is 15.4 Å². The van der Waals surface area contributed by atoms with Crippen LogP contribution in [0.5, 0.6) is 5.75 Å². The van der Waals surface area contributed by atoms with Gasteiger partial charge in [-0.25, -0.2) is 4.39 Å². The summed E-state index contributed by atoms with van der Waals surface area (Å²) in [7, 11) is 1.61. The highest BCUT2D eigenvalue weighted by molar-refractivity contribution is 5.79. The maximum atomic E-state index is 13.5. The molecule has 0 fully saturated rings. The largest absolute Gasteiger partial charge is 0.435 e. The van der Waals surface area contributed by atoms with Gasteiger partial charge >= 0.3 is 6.61 Å². The van der Waals surface area contributed by atoms with Crippen molar-refractivity contribution in [2.45, 2.75) is 26.6 Å². The molecule has 2 aromatic rings. The third-order valence-electron chi connectivity index (χ3n) is 3.50. The lowest BCUT2D eigenvalue weighted by atomic mass is 10.1. The smallest absolute Gasteiger partial charge is 0.387 e. The monoisotopic (exact) mass is 351 g/mol. The SMILES string of the molecule is CN=C(NCc1cccc(OC(F)F)c1)NCc1ccc(C)c(F)c1. The predicted octanol–water partition coefficient (Wildman–Crippen LogP) is 3.60. The quantitative estimate of drug-likeness (QED) is 0.617. The molecule has 0 aromatic heterocycles. The highest BCUT2D eigenvalue weighted by Gasteiger charge is 2.06. The van der Waals surface area contributed by atoms with Gasteiger partial charge in [-0.15, -0.1) is 0 Å². The lowest BCUT2D eigenvalue weighted by Gasteiger charge is -2.13. The van der Waals surface area contributed by atoms with Gasteiger partial charge in [0, 0.05) is 20.1 Å². The minimum Gasteiger partial charge on any atom is -0.435 e. The first kappa shape index (κ1) is 18.6. The topological polar surface area (TPSA) is 45.7 Å². The number of rotatable bonds is 6. The molecule has 7 heteroatoms. The van der Waals surface area contributed by atoms with Crippen LogP contribution in [-0.2, 0) is 13.1 Å². The molecule has 0 radical (unpaired) electrons. The Morgan fingerprint density at radius 1 is 1.08 bits per heavy atom. The van der Waals surface area contributed by atoms with Crippen LogP contribution in [-0.4, -0.2) is 19.6 Å². The lowest BCUT2D eigenvalue weighted by Crippen LogP contribution is -2.36. The summed E-state index contributed by atoms with van der Waals surface area (Å²) in [6, 6.07) is 11.5. The molecular weight excluding hydrogens is 331 g/mol. The molecule has 0 heterocycles. The highest BCUT2D eigenvalue weighted by atomic mass is 19.3. The van der Waals surface area contributed by atoms with Gasteiger partial charge in [-0.2, -0.15) is 8.78 Å². The third kappa shape index (κ3) is 6.02. The molecule has 0 aliphatic rings. The maximum Gasteiger partial charge on any atom is 0.387 e. The van der Waals surface area contributed by atoms with E-state index in [2.05, 4.69) is 20.4 Å². The van der Waals surface area contributed by atoms with Crippen LogP contribution in [0.4, 0.5) is 13.2 Å². The van der Waals surface area contributed by atoms with Crippen molar-refractivity contribution in [1.82, 2.24) is 10.6 Å². The van der Waals surface area contributed by atoms with E-state index in [0.717, 1.165) is 11.1 Å². The number of ether oxygens (including phenoxy) is 1. The van der Waals surface area contributed by atoms with E-state index in [-0.39, 0.29) is 11.6 Å². The van der Waals surface area contributed by atoms with Crippen molar-refractivity contribution in [2.75, 3.05) is 7.05 Å². The Morgan fingerprint density at radius 2 is 1.76 bits per heavy atom. The van der Waals surface area contributed by atoms with Gasteiger partial charge < -0.3 is 15.4 Å². The zero-order valence-electron chi connectivity index (χ0n) is 14.0. The molecule has 4 nitrogen and oxygen atoms in total. The molecule has 0 bridgehead atoms. The summed E-state index contributed by atoms with van der Waals surface area (Å²) in [5.41, 5.74) is 2.15. The molecule has 2 N–H and O–H groups in total. The zero-order valence-corrected chi connectivity index (χ0v) is 14.0. The second-order valence-electron chi connectivity index (χ2n) is 5.39. The van der Waals surface area contributed by atoms with Crippen LogP contribution in [0.25, 0.3) is 0 Å². The average molecular weight is 351 g/mol. The van der Waals surface area contributed by atoms with E-state index in [9.17, 15) is 13.2 Å². The second-order valence-corrected chi connectivity index (χ2v) is 5.39. The summed E-state index contributed by atoms with van der Waals surface area (Å²) >= 11 is 0. The number of aryl methyl sites for hydroxylation is 1. The molecule has 134 valence electrons. The van der Waals surface area contributed by atoms with E-state index in [1.165, 1.54) is 18.2 Å². The van der Waals surface area contributed by atoms with Crippen molar-refractivity contribution in [1.29, 1.82) is 0 Å².